The molecule has 1 fully saturated rings. The predicted molar refractivity (Wildman–Crippen MR) is 168 cm³/mol. The standard InChI is InChI=1S/C31H37ClN8O3/c1-5-43-26-8-6-7-23(19-26)21-40-29-27(20-33-40)28(34-31(32)35-29)37-14-16-38(17-15-37)30(42)24-9-11-25(12-10-24)39(22(2)41)18-13-36(3)4/h6-12,19-20H,5,13-18,21H2,1-4H3. The molecule has 11 nitrogen and oxygen atoms in total. The van der Waals surface area contributed by atoms with Crippen molar-refractivity contribution < 1.29 is 14.3 Å². The van der Waals surface area contributed by atoms with Gasteiger partial charge >= 0.3 is 0 Å². The van der Waals surface area contributed by atoms with Crippen LogP contribution in [0.4, 0.5) is 11.5 Å². The summed E-state index contributed by atoms with van der Waals surface area (Å²) in [5, 5.41) is 5.55. The number of carbonyl (C=O) groups is 2. The number of amides is 2. The van der Waals surface area contributed by atoms with Crippen LogP contribution in [-0.4, -0.2) is 101 Å². The molecule has 1 aliphatic rings. The van der Waals surface area contributed by atoms with Crippen LogP contribution < -0.4 is 14.5 Å². The first-order valence-electron chi connectivity index (χ1n) is 14.4. The summed E-state index contributed by atoms with van der Waals surface area (Å²) in [6.07, 6.45) is 1.77. The Morgan fingerprint density at radius 2 is 1.74 bits per heavy atom. The molecule has 3 heterocycles. The van der Waals surface area contributed by atoms with Gasteiger partial charge in [0.25, 0.3) is 5.91 Å². The first kappa shape index (κ1) is 30.2. The summed E-state index contributed by atoms with van der Waals surface area (Å²) < 4.78 is 7.45. The first-order chi connectivity index (χ1) is 20.7. The molecule has 0 spiro atoms. The molecule has 2 aromatic carbocycles. The summed E-state index contributed by atoms with van der Waals surface area (Å²) in [4.78, 5) is 42.3. The van der Waals surface area contributed by atoms with Crippen molar-refractivity contribution in [1.29, 1.82) is 0 Å². The van der Waals surface area contributed by atoms with Crippen molar-refractivity contribution in [2.45, 2.75) is 20.4 Å². The Morgan fingerprint density at radius 1 is 1.00 bits per heavy atom. The number of hydrogen-bond donors (Lipinski definition) is 0. The molecule has 0 unspecified atom stereocenters. The van der Waals surface area contributed by atoms with E-state index >= 15 is 0 Å². The molecule has 2 amide bonds. The maximum Gasteiger partial charge on any atom is 0.253 e. The topological polar surface area (TPSA) is 99.9 Å². The lowest BCUT2D eigenvalue weighted by molar-refractivity contribution is -0.116. The number of likely N-dealkylation sites (N-methyl/N-ethyl adjacent to an activating group) is 1. The summed E-state index contributed by atoms with van der Waals surface area (Å²) in [6.45, 7) is 8.21. The Labute approximate surface area is 256 Å². The molecule has 0 atom stereocenters. The quantitative estimate of drug-likeness (QED) is 0.252. The van der Waals surface area contributed by atoms with Gasteiger partial charge in [-0.1, -0.05) is 12.1 Å². The van der Waals surface area contributed by atoms with E-state index in [1.807, 2.05) is 71.9 Å². The Kier molecular flexibility index (Phi) is 9.42. The highest BCUT2D eigenvalue weighted by molar-refractivity contribution is 6.28. The number of rotatable bonds is 10. The van der Waals surface area contributed by atoms with Crippen molar-refractivity contribution in [3.8, 4) is 5.75 Å². The van der Waals surface area contributed by atoms with Crippen LogP contribution >= 0.6 is 11.6 Å². The van der Waals surface area contributed by atoms with Crippen LogP contribution in [0.3, 0.4) is 0 Å². The lowest BCUT2D eigenvalue weighted by Gasteiger charge is -2.35. The zero-order valence-corrected chi connectivity index (χ0v) is 25.8. The number of ether oxygens (including phenoxy) is 1. The van der Waals surface area contributed by atoms with Crippen molar-refractivity contribution in [1.82, 2.24) is 29.5 Å². The first-order valence-corrected chi connectivity index (χ1v) is 14.8. The number of fused-ring (bicyclic) bond motifs is 1. The maximum atomic E-state index is 13.3. The third-order valence-electron chi connectivity index (χ3n) is 7.43. The fourth-order valence-electron chi connectivity index (χ4n) is 5.20. The molecule has 2 aromatic heterocycles. The molecule has 226 valence electrons. The normalized spacial score (nSPS) is 13.5. The number of piperazine rings is 1. The smallest absolute Gasteiger partial charge is 0.253 e. The van der Waals surface area contributed by atoms with Gasteiger partial charge in [0.05, 0.1) is 24.7 Å². The minimum Gasteiger partial charge on any atom is -0.494 e. The van der Waals surface area contributed by atoms with E-state index in [2.05, 4.69) is 20.0 Å². The molecule has 43 heavy (non-hydrogen) atoms. The van der Waals surface area contributed by atoms with Gasteiger partial charge in [-0.2, -0.15) is 15.1 Å². The number of benzene rings is 2. The Bertz CT molecular complexity index is 1580. The molecular weight excluding hydrogens is 568 g/mol. The summed E-state index contributed by atoms with van der Waals surface area (Å²) in [6, 6.07) is 15.2. The maximum absolute atomic E-state index is 13.3. The molecule has 0 N–H and O–H groups in total. The Morgan fingerprint density at radius 3 is 2.42 bits per heavy atom. The lowest BCUT2D eigenvalue weighted by Crippen LogP contribution is -2.49. The number of aromatic nitrogens is 4. The third kappa shape index (κ3) is 7.06. The van der Waals surface area contributed by atoms with Gasteiger partial charge in [0.2, 0.25) is 11.2 Å². The minimum atomic E-state index is -0.0400. The largest absolute Gasteiger partial charge is 0.494 e. The minimum absolute atomic E-state index is 0.0303. The summed E-state index contributed by atoms with van der Waals surface area (Å²) in [5.74, 6) is 1.45. The van der Waals surface area contributed by atoms with Crippen LogP contribution in [0.2, 0.25) is 5.28 Å². The second-order valence-corrected chi connectivity index (χ2v) is 11.1. The average Bonchev–Trinajstić information content (AvgIpc) is 3.39. The molecule has 0 saturated carbocycles. The number of hydrogen-bond acceptors (Lipinski definition) is 8. The van der Waals surface area contributed by atoms with E-state index < -0.39 is 0 Å². The Balaban J connectivity index is 1.26. The van der Waals surface area contributed by atoms with Crippen LogP contribution in [-0.2, 0) is 11.3 Å². The summed E-state index contributed by atoms with van der Waals surface area (Å²) >= 11 is 6.39. The van der Waals surface area contributed by atoms with Crippen LogP contribution in [0.1, 0.15) is 29.8 Å². The average molecular weight is 605 g/mol. The van der Waals surface area contributed by atoms with E-state index in [0.29, 0.717) is 62.9 Å². The van der Waals surface area contributed by atoms with E-state index in [1.165, 1.54) is 0 Å². The van der Waals surface area contributed by atoms with Gasteiger partial charge in [-0.3, -0.25) is 9.59 Å². The van der Waals surface area contributed by atoms with E-state index in [9.17, 15) is 9.59 Å². The highest BCUT2D eigenvalue weighted by Gasteiger charge is 2.26. The van der Waals surface area contributed by atoms with Gasteiger partial charge in [-0.25, -0.2) is 4.68 Å². The molecule has 4 aromatic rings. The van der Waals surface area contributed by atoms with E-state index in [-0.39, 0.29) is 17.1 Å². The van der Waals surface area contributed by atoms with E-state index in [1.54, 1.807) is 30.2 Å². The van der Waals surface area contributed by atoms with Gasteiger partial charge in [0, 0.05) is 57.4 Å². The van der Waals surface area contributed by atoms with Gasteiger partial charge in [-0.05, 0) is 74.6 Å². The second kappa shape index (κ2) is 13.4. The summed E-state index contributed by atoms with van der Waals surface area (Å²) in [5.41, 5.74) is 3.06. The molecule has 5 rings (SSSR count). The predicted octanol–water partition coefficient (Wildman–Crippen LogP) is 3.80. The van der Waals surface area contributed by atoms with Crippen LogP contribution in [0, 0.1) is 0 Å². The summed E-state index contributed by atoms with van der Waals surface area (Å²) in [7, 11) is 3.94. The van der Waals surface area contributed by atoms with Crippen molar-refractivity contribution in [3.63, 3.8) is 0 Å². The van der Waals surface area contributed by atoms with Crippen molar-refractivity contribution >= 4 is 46.0 Å². The molecule has 0 bridgehead atoms. The number of halogens is 1. The monoisotopic (exact) mass is 604 g/mol. The van der Waals surface area contributed by atoms with Crippen LogP contribution in [0.15, 0.2) is 54.7 Å². The fraction of sp³-hybridized carbons (Fsp3) is 0.387. The SMILES string of the molecule is CCOc1cccc(Cn2ncc3c(N4CCN(C(=O)c5ccc(N(CCN(C)C)C(C)=O)cc5)CC4)nc(Cl)nc32)c1. The van der Waals surface area contributed by atoms with E-state index in [4.69, 9.17) is 16.3 Å². The van der Waals surface area contributed by atoms with Crippen molar-refractivity contribution in [2.24, 2.45) is 0 Å². The van der Waals surface area contributed by atoms with Crippen LogP contribution in [0.25, 0.3) is 11.0 Å². The molecule has 12 heteroatoms. The zero-order chi connectivity index (χ0) is 30.5. The molecule has 1 saturated heterocycles. The second-order valence-electron chi connectivity index (χ2n) is 10.7. The van der Waals surface area contributed by atoms with Crippen molar-refractivity contribution in [3.05, 3.63) is 71.1 Å². The Hall–Kier alpha value is -4.22. The van der Waals surface area contributed by atoms with Gasteiger partial charge in [0.15, 0.2) is 5.65 Å². The number of anilines is 2. The van der Waals surface area contributed by atoms with Gasteiger partial charge in [-0.15, -0.1) is 0 Å². The van der Waals surface area contributed by atoms with Crippen LogP contribution in [0.5, 0.6) is 5.75 Å². The van der Waals surface area contributed by atoms with Gasteiger partial charge < -0.3 is 24.3 Å². The van der Waals surface area contributed by atoms with Crippen molar-refractivity contribution in [2.75, 3.05) is 69.8 Å². The number of carbonyl (C=O) groups excluding carboxylic acids is 2. The lowest BCUT2D eigenvalue weighted by atomic mass is 10.1. The highest BCUT2D eigenvalue weighted by atomic mass is 35.5. The van der Waals surface area contributed by atoms with Gasteiger partial charge in [0.1, 0.15) is 11.6 Å². The molecule has 0 aliphatic carbocycles. The highest BCUT2D eigenvalue weighted by Crippen LogP contribution is 2.27. The molecular formula is C31H37ClN8O3. The zero-order valence-electron chi connectivity index (χ0n) is 25.0. The number of nitrogens with zero attached hydrogens (tertiary/aromatic N) is 8. The fourth-order valence-corrected chi connectivity index (χ4v) is 5.36. The third-order valence-corrected chi connectivity index (χ3v) is 7.60. The molecule has 1 aliphatic heterocycles. The van der Waals surface area contributed by atoms with E-state index in [0.717, 1.165) is 28.9 Å². The molecule has 0 radical (unpaired) electrons.